The highest BCUT2D eigenvalue weighted by Crippen LogP contribution is 2.38. The number of benzene rings is 2. The molecule has 1 aliphatic rings. The van der Waals surface area contributed by atoms with E-state index in [4.69, 9.17) is 22.3 Å². The minimum atomic E-state index is -0.503. The Bertz CT molecular complexity index is 1410. The van der Waals surface area contributed by atoms with Gasteiger partial charge in [0.15, 0.2) is 0 Å². The Morgan fingerprint density at radius 3 is 2.61 bits per heavy atom. The summed E-state index contributed by atoms with van der Waals surface area (Å²) < 4.78 is 0. The fourth-order valence-electron chi connectivity index (χ4n) is 4.43. The molecule has 2 heterocycles. The molecule has 0 spiro atoms. The Kier molecular flexibility index (Phi) is 5.64. The summed E-state index contributed by atoms with van der Waals surface area (Å²) in [5, 5.41) is 4.81. The molecule has 4 aromatic rings. The number of nitrogens with two attached hydrogens (primary N) is 1. The third kappa shape index (κ3) is 3.90. The second kappa shape index (κ2) is 8.61. The van der Waals surface area contributed by atoms with Crippen molar-refractivity contribution in [2.75, 3.05) is 5.32 Å². The summed E-state index contributed by atoms with van der Waals surface area (Å²) in [7, 11) is 0. The van der Waals surface area contributed by atoms with Crippen LogP contribution in [0.3, 0.4) is 0 Å². The maximum absolute atomic E-state index is 13.6. The van der Waals surface area contributed by atoms with E-state index in [9.17, 15) is 9.59 Å². The van der Waals surface area contributed by atoms with Crippen LogP contribution >= 0.6 is 22.9 Å². The number of fused-ring (bicyclic) bond motifs is 2. The molecule has 7 heteroatoms. The number of hydrogen-bond donors (Lipinski definition) is 2. The largest absolute Gasteiger partial charge is 0.365 e. The van der Waals surface area contributed by atoms with Crippen molar-refractivity contribution in [2.45, 2.75) is 32.6 Å². The van der Waals surface area contributed by atoms with Crippen molar-refractivity contribution in [1.29, 1.82) is 0 Å². The van der Waals surface area contributed by atoms with E-state index < -0.39 is 5.91 Å². The second-order valence-electron chi connectivity index (χ2n) is 8.22. The quantitative estimate of drug-likeness (QED) is 0.371. The van der Waals surface area contributed by atoms with Crippen LogP contribution in [0.5, 0.6) is 0 Å². The molecule has 5 nitrogen and oxygen atoms in total. The molecule has 0 saturated heterocycles. The van der Waals surface area contributed by atoms with E-state index in [2.05, 4.69) is 5.32 Å². The van der Waals surface area contributed by atoms with E-state index >= 15 is 0 Å². The summed E-state index contributed by atoms with van der Waals surface area (Å²) in [4.78, 5) is 31.8. The summed E-state index contributed by atoms with van der Waals surface area (Å²) in [6, 6.07) is 15.1. The third-order valence-corrected chi connectivity index (χ3v) is 7.74. The summed E-state index contributed by atoms with van der Waals surface area (Å²) in [6.45, 7) is 1.90. The average molecular weight is 476 g/mol. The summed E-state index contributed by atoms with van der Waals surface area (Å²) in [5.41, 5.74) is 10.7. The van der Waals surface area contributed by atoms with Gasteiger partial charge >= 0.3 is 0 Å². The Hall–Kier alpha value is -3.22. The molecule has 166 valence electrons. The lowest BCUT2D eigenvalue weighted by Crippen LogP contribution is -2.19. The number of pyridine rings is 1. The molecule has 5 rings (SSSR count). The van der Waals surface area contributed by atoms with Gasteiger partial charge in [-0.1, -0.05) is 48.0 Å². The van der Waals surface area contributed by atoms with Gasteiger partial charge < -0.3 is 11.1 Å². The molecular formula is C26H22ClN3O2S. The molecule has 1 aliphatic carbocycles. The zero-order chi connectivity index (χ0) is 23.1. The van der Waals surface area contributed by atoms with Gasteiger partial charge in [-0.15, -0.1) is 11.3 Å². The van der Waals surface area contributed by atoms with Crippen LogP contribution in [0, 0.1) is 6.92 Å². The molecule has 0 bridgehead atoms. The Morgan fingerprint density at radius 1 is 1.09 bits per heavy atom. The number of aromatic nitrogens is 1. The summed E-state index contributed by atoms with van der Waals surface area (Å²) in [6.07, 6.45) is 3.82. The number of primary amides is 1. The van der Waals surface area contributed by atoms with E-state index in [0.717, 1.165) is 47.3 Å². The topological polar surface area (TPSA) is 85.1 Å². The molecular weight excluding hydrogens is 454 g/mol. The number of anilines is 1. The minimum absolute atomic E-state index is 0.303. The van der Waals surface area contributed by atoms with Crippen molar-refractivity contribution < 1.29 is 9.59 Å². The van der Waals surface area contributed by atoms with Gasteiger partial charge in [0.25, 0.3) is 11.8 Å². The molecule has 0 radical (unpaired) electrons. The van der Waals surface area contributed by atoms with Crippen LogP contribution in [0.15, 0.2) is 48.5 Å². The van der Waals surface area contributed by atoms with Gasteiger partial charge in [-0.2, -0.15) is 0 Å². The van der Waals surface area contributed by atoms with Gasteiger partial charge in [0, 0.05) is 20.8 Å². The first kappa shape index (κ1) is 21.6. The lowest BCUT2D eigenvalue weighted by Gasteiger charge is -2.13. The number of aryl methyl sites for hydroxylation is 2. The molecule has 2 aromatic heterocycles. The number of carbonyl (C=O) groups is 2. The maximum atomic E-state index is 13.6. The SMILES string of the molecule is Cc1c(Cl)ccc2c(C(=O)Nc3sc4c(c3C(N)=O)CCCC4)cc(-c3ccccc3)nc12. The van der Waals surface area contributed by atoms with Crippen LogP contribution < -0.4 is 11.1 Å². The lowest BCUT2D eigenvalue weighted by molar-refractivity contribution is 0.100. The van der Waals surface area contributed by atoms with Crippen molar-refractivity contribution in [3.05, 3.63) is 80.7 Å². The van der Waals surface area contributed by atoms with Crippen LogP contribution in [-0.2, 0) is 12.8 Å². The van der Waals surface area contributed by atoms with Crippen molar-refractivity contribution in [1.82, 2.24) is 4.98 Å². The van der Waals surface area contributed by atoms with Crippen LogP contribution in [-0.4, -0.2) is 16.8 Å². The first-order chi connectivity index (χ1) is 15.9. The van der Waals surface area contributed by atoms with Gasteiger partial charge in [0.2, 0.25) is 0 Å². The predicted octanol–water partition coefficient (Wildman–Crippen LogP) is 6.16. The number of amides is 2. The van der Waals surface area contributed by atoms with E-state index in [-0.39, 0.29) is 5.91 Å². The number of hydrogen-bond acceptors (Lipinski definition) is 4. The average Bonchev–Trinajstić information content (AvgIpc) is 3.19. The van der Waals surface area contributed by atoms with Gasteiger partial charge in [-0.05, 0) is 55.9 Å². The highest BCUT2D eigenvalue weighted by Gasteiger charge is 2.26. The third-order valence-electron chi connectivity index (χ3n) is 6.13. The zero-order valence-corrected chi connectivity index (χ0v) is 19.6. The first-order valence-electron chi connectivity index (χ1n) is 10.8. The number of halogens is 1. The highest BCUT2D eigenvalue weighted by atomic mass is 35.5. The van der Waals surface area contributed by atoms with Crippen LogP contribution in [0.25, 0.3) is 22.2 Å². The fraction of sp³-hybridized carbons (Fsp3) is 0.192. The van der Waals surface area contributed by atoms with Crippen molar-refractivity contribution >= 4 is 50.7 Å². The number of rotatable bonds is 4. The lowest BCUT2D eigenvalue weighted by atomic mass is 9.95. The minimum Gasteiger partial charge on any atom is -0.365 e. The van der Waals surface area contributed by atoms with E-state index in [1.165, 1.54) is 11.3 Å². The number of thiophene rings is 1. The molecule has 0 atom stereocenters. The monoisotopic (exact) mass is 475 g/mol. The van der Waals surface area contributed by atoms with Crippen molar-refractivity contribution in [2.24, 2.45) is 5.73 Å². The number of carbonyl (C=O) groups excluding carboxylic acids is 2. The molecule has 0 saturated carbocycles. The Labute approximate surface area is 200 Å². The van der Waals surface area contributed by atoms with Crippen LogP contribution in [0.1, 0.15) is 49.6 Å². The normalized spacial score (nSPS) is 13.0. The predicted molar refractivity (Wildman–Crippen MR) is 134 cm³/mol. The standard InChI is InChI=1S/C26H22ClN3O2S/c1-14-19(27)12-11-16-18(13-20(29-23(14)16)15-7-3-2-4-8-15)25(32)30-26-22(24(28)31)17-9-5-6-10-21(17)33-26/h2-4,7-8,11-13H,5-6,9-10H2,1H3,(H2,28,31)(H,30,32). The van der Waals surface area contributed by atoms with E-state index in [1.54, 1.807) is 12.1 Å². The van der Waals surface area contributed by atoms with Crippen LogP contribution in [0.4, 0.5) is 5.00 Å². The molecule has 2 aromatic carbocycles. The van der Waals surface area contributed by atoms with Crippen molar-refractivity contribution in [3.63, 3.8) is 0 Å². The van der Waals surface area contributed by atoms with Gasteiger partial charge in [-0.3, -0.25) is 9.59 Å². The molecule has 0 fully saturated rings. The highest BCUT2D eigenvalue weighted by molar-refractivity contribution is 7.17. The molecule has 0 aliphatic heterocycles. The number of nitrogens with zero attached hydrogens (tertiary/aromatic N) is 1. The van der Waals surface area contributed by atoms with E-state index in [0.29, 0.717) is 37.7 Å². The number of nitrogens with one attached hydrogen (secondary N) is 1. The Balaban J connectivity index is 1.64. The molecule has 0 unspecified atom stereocenters. The van der Waals surface area contributed by atoms with Crippen molar-refractivity contribution in [3.8, 4) is 11.3 Å². The second-order valence-corrected chi connectivity index (χ2v) is 9.74. The fourth-order valence-corrected chi connectivity index (χ4v) is 5.88. The van der Waals surface area contributed by atoms with Gasteiger partial charge in [0.1, 0.15) is 5.00 Å². The smallest absolute Gasteiger partial charge is 0.257 e. The zero-order valence-electron chi connectivity index (χ0n) is 18.1. The molecule has 2 amide bonds. The maximum Gasteiger partial charge on any atom is 0.257 e. The van der Waals surface area contributed by atoms with Gasteiger partial charge in [0.05, 0.1) is 22.3 Å². The Morgan fingerprint density at radius 2 is 1.85 bits per heavy atom. The first-order valence-corrected chi connectivity index (χ1v) is 12.0. The summed E-state index contributed by atoms with van der Waals surface area (Å²) >= 11 is 7.83. The van der Waals surface area contributed by atoms with E-state index in [1.807, 2.05) is 43.3 Å². The summed E-state index contributed by atoms with van der Waals surface area (Å²) in [5.74, 6) is -0.806. The molecule has 33 heavy (non-hydrogen) atoms. The molecule has 3 N–H and O–H groups in total. The van der Waals surface area contributed by atoms with Gasteiger partial charge in [-0.25, -0.2) is 4.98 Å². The van der Waals surface area contributed by atoms with Crippen LogP contribution in [0.2, 0.25) is 5.02 Å².